The molecule has 1 aromatic rings. The van der Waals surface area contributed by atoms with E-state index in [0.717, 1.165) is 24.9 Å². The fourth-order valence-electron chi connectivity index (χ4n) is 1.35. The zero-order chi connectivity index (χ0) is 12.1. The second-order valence-electron chi connectivity index (χ2n) is 4.00. The SMILES string of the molecule is CCCCNC(=O)C(C)n1cc(C)c(N)n1. The predicted octanol–water partition coefficient (Wildman–Crippen LogP) is 1.25. The van der Waals surface area contributed by atoms with Gasteiger partial charge in [-0.2, -0.15) is 5.10 Å². The lowest BCUT2D eigenvalue weighted by atomic mass is 10.3. The highest BCUT2D eigenvalue weighted by Crippen LogP contribution is 2.11. The van der Waals surface area contributed by atoms with Crippen LogP contribution >= 0.6 is 0 Å². The van der Waals surface area contributed by atoms with E-state index in [1.54, 1.807) is 10.9 Å². The fraction of sp³-hybridized carbons (Fsp3) is 0.636. The van der Waals surface area contributed by atoms with E-state index in [9.17, 15) is 4.79 Å². The molecule has 3 N–H and O–H groups in total. The van der Waals surface area contributed by atoms with E-state index >= 15 is 0 Å². The molecule has 0 saturated heterocycles. The summed E-state index contributed by atoms with van der Waals surface area (Å²) < 4.78 is 1.60. The smallest absolute Gasteiger partial charge is 0.244 e. The molecule has 90 valence electrons. The second kappa shape index (κ2) is 5.53. The average molecular weight is 224 g/mol. The molecular weight excluding hydrogens is 204 g/mol. The molecule has 0 spiro atoms. The first-order valence-corrected chi connectivity index (χ1v) is 5.65. The number of hydrogen-bond donors (Lipinski definition) is 2. The van der Waals surface area contributed by atoms with Crippen LogP contribution in [-0.2, 0) is 4.79 Å². The number of carbonyl (C=O) groups excluding carboxylic acids is 1. The molecule has 0 fully saturated rings. The van der Waals surface area contributed by atoms with Crippen LogP contribution in [-0.4, -0.2) is 22.2 Å². The fourth-order valence-corrected chi connectivity index (χ4v) is 1.35. The van der Waals surface area contributed by atoms with Gasteiger partial charge in [0.15, 0.2) is 0 Å². The first-order chi connectivity index (χ1) is 7.56. The van der Waals surface area contributed by atoms with Crippen molar-refractivity contribution in [2.24, 2.45) is 0 Å². The Morgan fingerprint density at radius 1 is 1.69 bits per heavy atom. The van der Waals surface area contributed by atoms with Crippen molar-refractivity contribution in [3.8, 4) is 0 Å². The van der Waals surface area contributed by atoms with E-state index in [1.807, 2.05) is 13.8 Å². The molecule has 1 atom stereocenters. The largest absolute Gasteiger partial charge is 0.382 e. The number of anilines is 1. The Bertz CT molecular complexity index is 339. The normalized spacial score (nSPS) is 12.4. The van der Waals surface area contributed by atoms with E-state index in [1.165, 1.54) is 0 Å². The van der Waals surface area contributed by atoms with Crippen LogP contribution in [0.15, 0.2) is 6.20 Å². The summed E-state index contributed by atoms with van der Waals surface area (Å²) in [4.78, 5) is 11.7. The van der Waals surface area contributed by atoms with Gasteiger partial charge in [-0.15, -0.1) is 0 Å². The third-order valence-electron chi connectivity index (χ3n) is 2.56. The molecule has 0 aliphatic carbocycles. The van der Waals surface area contributed by atoms with E-state index < -0.39 is 0 Å². The van der Waals surface area contributed by atoms with Gasteiger partial charge in [-0.25, -0.2) is 0 Å². The minimum Gasteiger partial charge on any atom is -0.382 e. The Balaban J connectivity index is 2.56. The Morgan fingerprint density at radius 2 is 2.38 bits per heavy atom. The minimum atomic E-state index is -0.312. The van der Waals surface area contributed by atoms with Gasteiger partial charge in [-0.3, -0.25) is 9.48 Å². The molecule has 5 heteroatoms. The molecule has 16 heavy (non-hydrogen) atoms. The Morgan fingerprint density at radius 3 is 2.88 bits per heavy atom. The maximum atomic E-state index is 11.7. The van der Waals surface area contributed by atoms with E-state index in [-0.39, 0.29) is 11.9 Å². The molecular formula is C11H20N4O. The lowest BCUT2D eigenvalue weighted by Crippen LogP contribution is -2.31. The lowest BCUT2D eigenvalue weighted by Gasteiger charge is -2.12. The third kappa shape index (κ3) is 2.98. The van der Waals surface area contributed by atoms with Crippen LogP contribution in [0.1, 0.15) is 38.3 Å². The van der Waals surface area contributed by atoms with Crippen LogP contribution < -0.4 is 11.1 Å². The summed E-state index contributed by atoms with van der Waals surface area (Å²) in [7, 11) is 0. The number of rotatable bonds is 5. The van der Waals surface area contributed by atoms with Crippen molar-refractivity contribution in [3.63, 3.8) is 0 Å². The van der Waals surface area contributed by atoms with E-state index in [2.05, 4.69) is 17.3 Å². The zero-order valence-corrected chi connectivity index (χ0v) is 10.2. The highest BCUT2D eigenvalue weighted by molar-refractivity contribution is 5.79. The van der Waals surface area contributed by atoms with Crippen molar-refractivity contribution in [1.29, 1.82) is 0 Å². The number of nitrogens with zero attached hydrogens (tertiary/aromatic N) is 2. The molecule has 0 aliphatic heterocycles. The maximum Gasteiger partial charge on any atom is 0.244 e. The summed E-state index contributed by atoms with van der Waals surface area (Å²) in [5.74, 6) is 0.462. The maximum absolute atomic E-state index is 11.7. The van der Waals surface area contributed by atoms with Gasteiger partial charge in [-0.05, 0) is 20.3 Å². The van der Waals surface area contributed by atoms with Crippen molar-refractivity contribution in [2.45, 2.75) is 39.7 Å². The standard InChI is InChI=1S/C11H20N4O/c1-4-5-6-13-11(16)9(3)15-7-8(2)10(12)14-15/h7,9H,4-6H2,1-3H3,(H2,12,14)(H,13,16). The summed E-state index contributed by atoms with van der Waals surface area (Å²) in [5, 5.41) is 6.96. The van der Waals surface area contributed by atoms with Gasteiger partial charge in [-0.1, -0.05) is 13.3 Å². The molecule has 0 saturated carbocycles. The monoisotopic (exact) mass is 224 g/mol. The molecule has 5 nitrogen and oxygen atoms in total. The van der Waals surface area contributed by atoms with Crippen LogP contribution in [0.5, 0.6) is 0 Å². The van der Waals surface area contributed by atoms with Crippen molar-refractivity contribution >= 4 is 11.7 Å². The molecule has 0 radical (unpaired) electrons. The van der Waals surface area contributed by atoms with Crippen LogP contribution in [0.2, 0.25) is 0 Å². The number of nitrogens with two attached hydrogens (primary N) is 1. The Hall–Kier alpha value is -1.52. The number of hydrogen-bond acceptors (Lipinski definition) is 3. The lowest BCUT2D eigenvalue weighted by molar-refractivity contribution is -0.124. The quantitative estimate of drug-likeness (QED) is 0.739. The number of nitrogen functional groups attached to an aromatic ring is 1. The van der Waals surface area contributed by atoms with E-state index in [0.29, 0.717) is 5.82 Å². The molecule has 1 heterocycles. The number of aryl methyl sites for hydroxylation is 1. The van der Waals surface area contributed by atoms with Crippen molar-refractivity contribution in [3.05, 3.63) is 11.8 Å². The van der Waals surface area contributed by atoms with Crippen molar-refractivity contribution < 1.29 is 4.79 Å². The molecule has 0 aromatic carbocycles. The van der Waals surface area contributed by atoms with Gasteiger partial charge in [0.05, 0.1) is 0 Å². The molecule has 0 bridgehead atoms. The van der Waals surface area contributed by atoms with Gasteiger partial charge in [0.1, 0.15) is 11.9 Å². The average Bonchev–Trinajstić information content (AvgIpc) is 2.58. The number of unbranched alkanes of at least 4 members (excludes halogenated alkanes) is 1. The summed E-state index contributed by atoms with van der Waals surface area (Å²) in [6.07, 6.45) is 3.86. The van der Waals surface area contributed by atoms with Crippen LogP contribution in [0.4, 0.5) is 5.82 Å². The second-order valence-corrected chi connectivity index (χ2v) is 4.00. The molecule has 1 amide bonds. The zero-order valence-electron chi connectivity index (χ0n) is 10.2. The molecule has 0 aliphatic rings. The van der Waals surface area contributed by atoms with Crippen molar-refractivity contribution in [2.75, 3.05) is 12.3 Å². The van der Waals surface area contributed by atoms with Crippen LogP contribution in [0.25, 0.3) is 0 Å². The summed E-state index contributed by atoms with van der Waals surface area (Å²) in [6.45, 7) is 6.50. The first-order valence-electron chi connectivity index (χ1n) is 5.65. The van der Waals surface area contributed by atoms with Gasteiger partial charge >= 0.3 is 0 Å². The Kier molecular flexibility index (Phi) is 4.34. The highest BCUT2D eigenvalue weighted by atomic mass is 16.2. The number of carbonyl (C=O) groups is 1. The predicted molar refractivity (Wildman–Crippen MR) is 64.0 cm³/mol. The number of amides is 1. The summed E-state index contributed by atoms with van der Waals surface area (Å²) in [5.41, 5.74) is 6.53. The molecule has 1 unspecified atom stereocenters. The first kappa shape index (κ1) is 12.5. The van der Waals surface area contributed by atoms with Gasteiger partial charge in [0.25, 0.3) is 0 Å². The number of aromatic nitrogens is 2. The third-order valence-corrected chi connectivity index (χ3v) is 2.56. The molecule has 1 aromatic heterocycles. The summed E-state index contributed by atoms with van der Waals surface area (Å²) >= 11 is 0. The number of nitrogens with one attached hydrogen (secondary N) is 1. The van der Waals surface area contributed by atoms with E-state index in [4.69, 9.17) is 5.73 Å². The highest BCUT2D eigenvalue weighted by Gasteiger charge is 2.15. The topological polar surface area (TPSA) is 72.9 Å². The molecule has 1 rings (SSSR count). The van der Waals surface area contributed by atoms with Crippen LogP contribution in [0.3, 0.4) is 0 Å². The van der Waals surface area contributed by atoms with Crippen molar-refractivity contribution in [1.82, 2.24) is 15.1 Å². The van der Waals surface area contributed by atoms with Gasteiger partial charge in [0.2, 0.25) is 5.91 Å². The van der Waals surface area contributed by atoms with Gasteiger partial charge in [0, 0.05) is 18.3 Å². The van der Waals surface area contributed by atoms with Crippen LogP contribution in [0, 0.1) is 6.92 Å². The van der Waals surface area contributed by atoms with Gasteiger partial charge < -0.3 is 11.1 Å². The Labute approximate surface area is 96.0 Å². The minimum absolute atomic E-state index is 0.0176. The summed E-state index contributed by atoms with van der Waals surface area (Å²) in [6, 6.07) is -0.312.